The van der Waals surface area contributed by atoms with Crippen molar-refractivity contribution in [1.82, 2.24) is 4.98 Å². The average molecular weight is 373 g/mol. The summed E-state index contributed by atoms with van der Waals surface area (Å²) in [6.07, 6.45) is 1.49. The normalized spacial score (nSPS) is 14.7. The Bertz CT molecular complexity index is 839. The molecule has 1 aromatic carbocycles. The van der Waals surface area contributed by atoms with Crippen molar-refractivity contribution < 1.29 is 14.7 Å². The van der Waals surface area contributed by atoms with Gasteiger partial charge in [-0.15, -0.1) is 11.3 Å². The number of hydrogen-bond acceptors (Lipinski definition) is 5. The van der Waals surface area contributed by atoms with Crippen LogP contribution in [0.15, 0.2) is 23.6 Å². The van der Waals surface area contributed by atoms with E-state index in [0.717, 1.165) is 12.0 Å². The number of thiazole rings is 1. The van der Waals surface area contributed by atoms with Gasteiger partial charge in [0.1, 0.15) is 5.75 Å². The number of nitrogens with zero attached hydrogens (tertiary/aromatic N) is 2. The molecule has 1 aliphatic rings. The van der Waals surface area contributed by atoms with E-state index in [1.54, 1.807) is 22.4 Å². The third-order valence-corrected chi connectivity index (χ3v) is 5.23. The van der Waals surface area contributed by atoms with Gasteiger partial charge in [-0.3, -0.25) is 14.5 Å². The van der Waals surface area contributed by atoms with E-state index < -0.39 is 0 Å². The Hall–Kier alpha value is -2.41. The monoisotopic (exact) mass is 373 g/mol. The Kier molecular flexibility index (Phi) is 5.00. The first-order valence-corrected chi connectivity index (χ1v) is 9.50. The van der Waals surface area contributed by atoms with Crippen molar-refractivity contribution in [2.24, 2.45) is 0 Å². The topological polar surface area (TPSA) is 82.5 Å². The summed E-state index contributed by atoms with van der Waals surface area (Å²) in [5.41, 5.74) is 1.95. The van der Waals surface area contributed by atoms with Crippen LogP contribution in [0.2, 0.25) is 0 Å². The molecule has 0 bridgehead atoms. The lowest BCUT2D eigenvalue weighted by atomic mass is 9.87. The first-order chi connectivity index (χ1) is 12.2. The minimum atomic E-state index is -0.254. The second-order valence-corrected chi connectivity index (χ2v) is 8.31. The number of nitrogens with one attached hydrogen (secondary N) is 1. The van der Waals surface area contributed by atoms with E-state index in [2.05, 4.69) is 31.1 Å². The van der Waals surface area contributed by atoms with Gasteiger partial charge in [0, 0.05) is 18.3 Å². The Balaban J connectivity index is 1.68. The number of rotatable bonds is 4. The van der Waals surface area contributed by atoms with Crippen molar-refractivity contribution in [3.05, 3.63) is 34.8 Å². The van der Waals surface area contributed by atoms with Crippen molar-refractivity contribution >= 4 is 34.0 Å². The Morgan fingerprint density at radius 2 is 2.15 bits per heavy atom. The van der Waals surface area contributed by atoms with Crippen LogP contribution in [0.25, 0.3) is 0 Å². The summed E-state index contributed by atoms with van der Waals surface area (Å²) in [4.78, 5) is 30.2. The number of aromatic nitrogens is 1. The number of aromatic hydroxyl groups is 1. The summed E-state index contributed by atoms with van der Waals surface area (Å²) in [6.45, 7) is 6.90. The van der Waals surface area contributed by atoms with E-state index in [-0.39, 0.29) is 29.4 Å². The molecule has 0 atom stereocenters. The largest absolute Gasteiger partial charge is 0.506 e. The third-order valence-electron chi connectivity index (χ3n) is 4.32. The van der Waals surface area contributed by atoms with Crippen molar-refractivity contribution in [2.45, 2.75) is 45.4 Å². The van der Waals surface area contributed by atoms with Gasteiger partial charge in [0.15, 0.2) is 5.13 Å². The quantitative estimate of drug-likeness (QED) is 0.804. The molecule has 1 aliphatic heterocycles. The molecule has 1 saturated heterocycles. The highest BCUT2D eigenvalue weighted by molar-refractivity contribution is 7.14. The fraction of sp³-hybridized carbons (Fsp3) is 0.421. The van der Waals surface area contributed by atoms with Gasteiger partial charge in [-0.1, -0.05) is 26.8 Å². The number of carbonyl (C=O) groups is 2. The minimum Gasteiger partial charge on any atom is -0.506 e. The second kappa shape index (κ2) is 7.07. The molecule has 0 radical (unpaired) electrons. The fourth-order valence-corrected chi connectivity index (χ4v) is 3.68. The van der Waals surface area contributed by atoms with Crippen LogP contribution < -0.4 is 10.2 Å². The van der Waals surface area contributed by atoms with Gasteiger partial charge in [0.2, 0.25) is 11.8 Å². The summed E-state index contributed by atoms with van der Waals surface area (Å²) < 4.78 is 0. The van der Waals surface area contributed by atoms with Crippen LogP contribution in [0.1, 0.15) is 44.9 Å². The highest BCUT2D eigenvalue weighted by atomic mass is 32.1. The Labute approximate surface area is 156 Å². The van der Waals surface area contributed by atoms with E-state index in [9.17, 15) is 14.7 Å². The number of phenolic OH excluding ortho intramolecular Hbond substituents is 1. The molecule has 1 aromatic heterocycles. The maximum Gasteiger partial charge on any atom is 0.230 e. The van der Waals surface area contributed by atoms with Gasteiger partial charge in [-0.25, -0.2) is 4.98 Å². The number of amides is 2. The van der Waals surface area contributed by atoms with E-state index >= 15 is 0 Å². The smallest absolute Gasteiger partial charge is 0.230 e. The van der Waals surface area contributed by atoms with Crippen LogP contribution in [-0.2, 0) is 21.4 Å². The summed E-state index contributed by atoms with van der Waals surface area (Å²) in [5.74, 6) is -0.136. The van der Waals surface area contributed by atoms with Crippen LogP contribution in [-0.4, -0.2) is 28.4 Å². The molecule has 7 heteroatoms. The molecular formula is C19H23N3O3S. The van der Waals surface area contributed by atoms with Crippen LogP contribution in [0.5, 0.6) is 5.75 Å². The summed E-state index contributed by atoms with van der Waals surface area (Å²) in [7, 11) is 0. The van der Waals surface area contributed by atoms with E-state index in [4.69, 9.17) is 0 Å². The molecule has 0 saturated carbocycles. The number of phenols is 1. The summed E-state index contributed by atoms with van der Waals surface area (Å²) in [6, 6.07) is 5.24. The first kappa shape index (κ1) is 18.4. The standard InChI is InChI=1S/C19H23N3O3S/c1-19(2,3)12-6-7-15(23)14(9-12)21-16(24)10-13-11-26-18(20-13)22-8-4-5-17(22)25/h6-7,9,11,23H,4-5,8,10H2,1-3H3,(H,21,24). The molecule has 0 aliphatic carbocycles. The molecular weight excluding hydrogens is 350 g/mol. The predicted molar refractivity (Wildman–Crippen MR) is 103 cm³/mol. The maximum absolute atomic E-state index is 12.4. The molecule has 2 heterocycles. The van der Waals surface area contributed by atoms with E-state index in [0.29, 0.717) is 29.5 Å². The molecule has 2 N–H and O–H groups in total. The zero-order valence-electron chi connectivity index (χ0n) is 15.2. The Morgan fingerprint density at radius 3 is 2.81 bits per heavy atom. The lowest BCUT2D eigenvalue weighted by molar-refractivity contribution is -0.117. The highest BCUT2D eigenvalue weighted by Gasteiger charge is 2.24. The van der Waals surface area contributed by atoms with Crippen LogP contribution in [0, 0.1) is 0 Å². The van der Waals surface area contributed by atoms with Gasteiger partial charge >= 0.3 is 0 Å². The highest BCUT2D eigenvalue weighted by Crippen LogP contribution is 2.31. The second-order valence-electron chi connectivity index (χ2n) is 7.48. The van der Waals surface area contributed by atoms with E-state index in [1.165, 1.54) is 11.3 Å². The molecule has 0 unspecified atom stereocenters. The molecule has 0 spiro atoms. The SMILES string of the molecule is CC(C)(C)c1ccc(O)c(NC(=O)Cc2csc(N3CCCC3=O)n2)c1. The van der Waals surface area contributed by atoms with Crippen LogP contribution in [0.4, 0.5) is 10.8 Å². The lowest BCUT2D eigenvalue weighted by Gasteiger charge is -2.20. The van der Waals surface area contributed by atoms with Gasteiger partial charge in [-0.2, -0.15) is 0 Å². The zero-order valence-corrected chi connectivity index (χ0v) is 16.0. The number of benzene rings is 1. The maximum atomic E-state index is 12.4. The predicted octanol–water partition coefficient (Wildman–Crippen LogP) is 3.45. The molecule has 6 nitrogen and oxygen atoms in total. The average Bonchev–Trinajstić information content (AvgIpc) is 3.17. The lowest BCUT2D eigenvalue weighted by Crippen LogP contribution is -2.23. The molecule has 2 amide bonds. The van der Waals surface area contributed by atoms with Gasteiger partial charge < -0.3 is 10.4 Å². The zero-order chi connectivity index (χ0) is 18.9. The summed E-state index contributed by atoms with van der Waals surface area (Å²) >= 11 is 1.37. The van der Waals surface area contributed by atoms with Gasteiger partial charge in [0.05, 0.1) is 17.8 Å². The van der Waals surface area contributed by atoms with Crippen molar-refractivity contribution in [3.8, 4) is 5.75 Å². The summed E-state index contributed by atoms with van der Waals surface area (Å²) in [5, 5.41) is 15.2. The first-order valence-electron chi connectivity index (χ1n) is 8.62. The van der Waals surface area contributed by atoms with E-state index in [1.807, 2.05) is 6.07 Å². The van der Waals surface area contributed by atoms with Crippen molar-refractivity contribution in [2.75, 3.05) is 16.8 Å². The molecule has 138 valence electrons. The Morgan fingerprint density at radius 1 is 1.38 bits per heavy atom. The van der Waals surface area contributed by atoms with Crippen LogP contribution in [0.3, 0.4) is 0 Å². The van der Waals surface area contributed by atoms with Crippen molar-refractivity contribution in [1.29, 1.82) is 0 Å². The number of carbonyl (C=O) groups excluding carboxylic acids is 2. The number of hydrogen-bond donors (Lipinski definition) is 2. The molecule has 26 heavy (non-hydrogen) atoms. The van der Waals surface area contributed by atoms with Crippen molar-refractivity contribution in [3.63, 3.8) is 0 Å². The molecule has 2 aromatic rings. The molecule has 3 rings (SSSR count). The van der Waals surface area contributed by atoms with Gasteiger partial charge in [0.25, 0.3) is 0 Å². The third kappa shape index (κ3) is 4.04. The fourth-order valence-electron chi connectivity index (χ4n) is 2.81. The minimum absolute atomic E-state index is 0.0352. The molecule has 1 fully saturated rings. The van der Waals surface area contributed by atoms with Gasteiger partial charge in [-0.05, 0) is 29.5 Å². The van der Waals surface area contributed by atoms with Crippen LogP contribution >= 0.6 is 11.3 Å². The number of anilines is 2.